The van der Waals surface area contributed by atoms with Gasteiger partial charge >= 0.3 is 0 Å². The van der Waals surface area contributed by atoms with Gasteiger partial charge in [0.2, 0.25) is 0 Å². The molecule has 6 atom stereocenters. The highest BCUT2D eigenvalue weighted by molar-refractivity contribution is 7.96. The van der Waals surface area contributed by atoms with E-state index in [0.717, 1.165) is 44.8 Å². The van der Waals surface area contributed by atoms with Crippen LogP contribution in [0.15, 0.2) is 23.8 Å². The molecular weight excluding hydrogens is 304 g/mol. The number of carbonyl (C=O) groups excluding carboxylic acids is 2. The maximum absolute atomic E-state index is 12.1. The minimum Gasteiger partial charge on any atom is -0.303 e. The monoisotopic (exact) mass is 330 g/mol. The summed E-state index contributed by atoms with van der Waals surface area (Å²) >= 11 is 4.11. The molecule has 3 saturated carbocycles. The molecule has 0 aromatic rings. The highest BCUT2D eigenvalue weighted by atomic mass is 32.1. The normalized spacial score (nSPS) is 48.0. The molecule has 0 aliphatic heterocycles. The van der Waals surface area contributed by atoms with E-state index in [2.05, 4.69) is 37.8 Å². The predicted octanol–water partition coefficient (Wildman–Crippen LogP) is 4.37. The molecule has 0 heterocycles. The van der Waals surface area contributed by atoms with Crippen LogP contribution in [0.5, 0.6) is 0 Å². The Kier molecular flexibility index (Phi) is 3.64. The van der Waals surface area contributed by atoms with Crippen LogP contribution in [0.3, 0.4) is 0 Å². The van der Waals surface area contributed by atoms with E-state index in [9.17, 15) is 9.59 Å². The van der Waals surface area contributed by atoms with Crippen molar-refractivity contribution in [2.24, 2.45) is 34.5 Å². The van der Waals surface area contributed by atoms with Gasteiger partial charge < -0.3 is 4.79 Å². The zero-order valence-corrected chi connectivity index (χ0v) is 14.7. The van der Waals surface area contributed by atoms with Crippen LogP contribution in [0.1, 0.15) is 51.9 Å². The molecule has 0 saturated heterocycles. The Labute approximate surface area is 144 Å². The van der Waals surface area contributed by atoms with E-state index >= 15 is 0 Å². The van der Waals surface area contributed by atoms with Crippen molar-refractivity contribution in [3.8, 4) is 0 Å². The summed E-state index contributed by atoms with van der Waals surface area (Å²) in [4.78, 5) is 24.1. The molecule has 0 amide bonds. The summed E-state index contributed by atoms with van der Waals surface area (Å²) < 4.78 is 0. The first-order valence-corrected chi connectivity index (χ1v) is 9.54. The Morgan fingerprint density at radius 3 is 2.83 bits per heavy atom. The summed E-state index contributed by atoms with van der Waals surface area (Å²) in [5.74, 6) is 1.44. The first-order chi connectivity index (χ1) is 11.0. The number of hydrogen-bond donors (Lipinski definition) is 1. The SMILES string of the molecule is C[C@]12C=CCC=C1CC[C@H]1[C@@H]3CC[C@H](C(=O)S)[C@@]3(C=O)CC[C@@H]12. The lowest BCUT2D eigenvalue weighted by Crippen LogP contribution is -2.51. The van der Waals surface area contributed by atoms with E-state index in [1.54, 1.807) is 5.57 Å². The van der Waals surface area contributed by atoms with Gasteiger partial charge in [0.25, 0.3) is 0 Å². The second kappa shape index (κ2) is 5.34. The van der Waals surface area contributed by atoms with Gasteiger partial charge in [-0.15, -0.1) is 12.6 Å². The Morgan fingerprint density at radius 2 is 2.09 bits per heavy atom. The Bertz CT molecular complexity index is 607. The molecule has 4 aliphatic carbocycles. The Morgan fingerprint density at radius 1 is 1.26 bits per heavy atom. The molecule has 23 heavy (non-hydrogen) atoms. The third-order valence-electron chi connectivity index (χ3n) is 7.72. The third kappa shape index (κ3) is 2.01. The maximum atomic E-state index is 12.1. The Hall–Kier alpha value is -0.830. The summed E-state index contributed by atoms with van der Waals surface area (Å²) in [6, 6.07) is 0. The van der Waals surface area contributed by atoms with Gasteiger partial charge in [-0.05, 0) is 62.7 Å². The quantitative estimate of drug-likeness (QED) is 0.463. The predicted molar refractivity (Wildman–Crippen MR) is 94.1 cm³/mol. The van der Waals surface area contributed by atoms with Crippen molar-refractivity contribution >= 4 is 24.0 Å². The average Bonchev–Trinajstić information content (AvgIpc) is 2.94. The summed E-state index contributed by atoms with van der Waals surface area (Å²) in [7, 11) is 0. The minimum atomic E-state index is -0.421. The average molecular weight is 330 g/mol. The lowest BCUT2D eigenvalue weighted by atomic mass is 9.48. The van der Waals surface area contributed by atoms with Gasteiger partial charge in [-0.1, -0.05) is 30.7 Å². The zero-order chi connectivity index (χ0) is 16.2. The van der Waals surface area contributed by atoms with Gasteiger partial charge in [0.05, 0.1) is 0 Å². The van der Waals surface area contributed by atoms with Gasteiger partial charge in [-0.25, -0.2) is 0 Å². The molecule has 3 fully saturated rings. The fourth-order valence-electron chi connectivity index (χ4n) is 6.65. The first kappa shape index (κ1) is 15.7. The second-order valence-corrected chi connectivity index (χ2v) is 8.74. The third-order valence-corrected chi connectivity index (χ3v) is 8.03. The summed E-state index contributed by atoms with van der Waals surface area (Å²) in [6.07, 6.45) is 15.5. The van der Waals surface area contributed by atoms with Gasteiger partial charge in [0.1, 0.15) is 6.29 Å². The van der Waals surface area contributed by atoms with Gasteiger partial charge in [0, 0.05) is 16.7 Å². The molecule has 0 spiro atoms. The molecule has 2 nitrogen and oxygen atoms in total. The molecule has 0 bridgehead atoms. The number of aldehydes is 1. The molecule has 3 heteroatoms. The minimum absolute atomic E-state index is 0.0711. The standard InChI is InChI=1S/C20H26O2S/c1-19-10-3-2-4-13(19)5-6-14-15(19)9-11-20(12-21)16(14)7-8-17(20)18(22)23/h3-4,10,12,14-17H,2,5-9,11H2,1H3,(H,22,23)/t14-,15+,16+,17-,19+,20-/m1/s1. The van der Waals surface area contributed by atoms with Crippen LogP contribution in [0, 0.1) is 34.5 Å². The molecular formula is C20H26O2S. The van der Waals surface area contributed by atoms with Crippen molar-refractivity contribution in [2.75, 3.05) is 0 Å². The zero-order valence-electron chi connectivity index (χ0n) is 13.8. The number of thiol groups is 1. The first-order valence-electron chi connectivity index (χ1n) is 9.09. The van der Waals surface area contributed by atoms with Gasteiger partial charge in [0.15, 0.2) is 5.12 Å². The summed E-state index contributed by atoms with van der Waals surface area (Å²) in [5, 5.41) is -0.0711. The van der Waals surface area contributed by atoms with Crippen molar-refractivity contribution in [2.45, 2.75) is 51.9 Å². The molecule has 0 radical (unpaired) electrons. The fraction of sp³-hybridized carbons (Fsp3) is 0.700. The molecule has 0 aromatic carbocycles. The maximum Gasteiger partial charge on any atom is 0.189 e. The molecule has 4 rings (SSSR count). The lowest BCUT2D eigenvalue weighted by molar-refractivity contribution is -0.135. The van der Waals surface area contributed by atoms with E-state index in [4.69, 9.17) is 0 Å². The molecule has 124 valence electrons. The topological polar surface area (TPSA) is 34.1 Å². The van der Waals surface area contributed by atoms with Crippen LogP contribution < -0.4 is 0 Å². The number of fused-ring (bicyclic) bond motifs is 5. The molecule has 0 N–H and O–H groups in total. The van der Waals surface area contributed by atoms with Crippen LogP contribution >= 0.6 is 12.6 Å². The van der Waals surface area contributed by atoms with Gasteiger partial charge in [-0.3, -0.25) is 4.79 Å². The molecule has 4 aliphatic rings. The highest BCUT2D eigenvalue weighted by Crippen LogP contribution is 2.65. The smallest absolute Gasteiger partial charge is 0.189 e. The van der Waals surface area contributed by atoms with Crippen molar-refractivity contribution < 1.29 is 9.59 Å². The van der Waals surface area contributed by atoms with Crippen molar-refractivity contribution in [1.82, 2.24) is 0 Å². The van der Waals surface area contributed by atoms with E-state index in [0.29, 0.717) is 17.8 Å². The second-order valence-electron chi connectivity index (χ2n) is 8.30. The number of carbonyl (C=O) groups is 2. The van der Waals surface area contributed by atoms with E-state index in [1.807, 2.05) is 0 Å². The Balaban J connectivity index is 1.71. The summed E-state index contributed by atoms with van der Waals surface area (Å²) in [6.45, 7) is 2.40. The highest BCUT2D eigenvalue weighted by Gasteiger charge is 2.61. The van der Waals surface area contributed by atoms with Crippen LogP contribution in [0.25, 0.3) is 0 Å². The number of rotatable bonds is 2. The van der Waals surface area contributed by atoms with Crippen LogP contribution in [0.2, 0.25) is 0 Å². The molecule has 0 unspecified atom stereocenters. The van der Waals surface area contributed by atoms with Crippen molar-refractivity contribution in [3.05, 3.63) is 23.8 Å². The van der Waals surface area contributed by atoms with Crippen LogP contribution in [-0.4, -0.2) is 11.4 Å². The van der Waals surface area contributed by atoms with E-state index in [-0.39, 0.29) is 16.4 Å². The van der Waals surface area contributed by atoms with Gasteiger partial charge in [-0.2, -0.15) is 0 Å². The summed E-state index contributed by atoms with van der Waals surface area (Å²) in [5.41, 5.74) is 1.37. The fourth-order valence-corrected chi connectivity index (χ4v) is 7.02. The number of allylic oxidation sites excluding steroid dienone is 4. The van der Waals surface area contributed by atoms with Crippen LogP contribution in [0.4, 0.5) is 0 Å². The van der Waals surface area contributed by atoms with E-state index < -0.39 is 5.41 Å². The lowest BCUT2D eigenvalue weighted by Gasteiger charge is -2.56. The largest absolute Gasteiger partial charge is 0.303 e. The molecule has 0 aromatic heterocycles. The number of hydrogen-bond acceptors (Lipinski definition) is 2. The van der Waals surface area contributed by atoms with Crippen molar-refractivity contribution in [1.29, 1.82) is 0 Å². The van der Waals surface area contributed by atoms with Crippen molar-refractivity contribution in [3.63, 3.8) is 0 Å². The van der Waals surface area contributed by atoms with E-state index in [1.165, 1.54) is 6.42 Å². The van der Waals surface area contributed by atoms with Crippen LogP contribution in [-0.2, 0) is 9.59 Å².